The van der Waals surface area contributed by atoms with Gasteiger partial charge in [0, 0.05) is 17.8 Å². The van der Waals surface area contributed by atoms with Crippen LogP contribution >= 0.6 is 0 Å². The van der Waals surface area contributed by atoms with E-state index < -0.39 is 0 Å². The van der Waals surface area contributed by atoms with E-state index in [9.17, 15) is 0 Å². The number of nitrogens with zero attached hydrogens (tertiary/aromatic N) is 1. The molecule has 0 saturated heterocycles. The van der Waals surface area contributed by atoms with Gasteiger partial charge in [0.1, 0.15) is 0 Å². The molecule has 0 bridgehead atoms. The van der Waals surface area contributed by atoms with Gasteiger partial charge in [-0.3, -0.25) is 4.98 Å². The smallest absolute Gasteiger partial charge is 0.0434 e. The Hall–Kier alpha value is -0.850. The van der Waals surface area contributed by atoms with Crippen molar-refractivity contribution in [3.8, 4) is 0 Å². The summed E-state index contributed by atoms with van der Waals surface area (Å²) in [5.41, 5.74) is 2.90. The third kappa shape index (κ3) is 7.41. The van der Waals surface area contributed by atoms with Crippen molar-refractivity contribution in [1.29, 1.82) is 0 Å². The fourth-order valence-corrected chi connectivity index (χ4v) is 5.96. The summed E-state index contributed by atoms with van der Waals surface area (Å²) >= 11 is 0. The minimum absolute atomic E-state index is 0.727. The minimum Gasteiger partial charge on any atom is -0.261 e. The van der Waals surface area contributed by atoms with Gasteiger partial charge in [-0.15, -0.1) is 0 Å². The van der Waals surface area contributed by atoms with Crippen LogP contribution in [0.3, 0.4) is 0 Å². The summed E-state index contributed by atoms with van der Waals surface area (Å²) in [6.07, 6.45) is 26.4. The number of rotatable bonds is 11. The molecule has 0 atom stereocenters. The van der Waals surface area contributed by atoms with Gasteiger partial charge in [-0.05, 0) is 80.8 Å². The highest BCUT2D eigenvalue weighted by Gasteiger charge is 2.25. The van der Waals surface area contributed by atoms with Crippen molar-refractivity contribution in [1.82, 2.24) is 4.98 Å². The highest BCUT2D eigenvalue weighted by atomic mass is 14.7. The Morgan fingerprint density at radius 2 is 1.24 bits per heavy atom. The number of unbranched alkanes of at least 4 members (excludes halogenated alkanes) is 5. The van der Waals surface area contributed by atoms with Gasteiger partial charge < -0.3 is 0 Å². The van der Waals surface area contributed by atoms with Crippen molar-refractivity contribution in [3.63, 3.8) is 0 Å². The molecule has 2 saturated carbocycles. The molecule has 0 unspecified atom stereocenters. The maximum absolute atomic E-state index is 4.96. The third-order valence-corrected chi connectivity index (χ3v) is 8.07. The standard InChI is InChI=1S/C28H47N/c1-3-5-7-8-9-11-24-12-16-25(17-13-24)27-20-21-28(29-22-27)26-18-14-23(15-19-26)10-6-4-2/h20-26H,3-19H2,1-2H3. The zero-order valence-corrected chi connectivity index (χ0v) is 19.5. The minimum atomic E-state index is 0.727. The molecule has 0 N–H and O–H groups in total. The van der Waals surface area contributed by atoms with E-state index in [1.54, 1.807) is 0 Å². The summed E-state index contributed by atoms with van der Waals surface area (Å²) in [6.45, 7) is 4.62. The van der Waals surface area contributed by atoms with E-state index in [0.29, 0.717) is 0 Å². The zero-order chi connectivity index (χ0) is 20.3. The largest absolute Gasteiger partial charge is 0.261 e. The molecular weight excluding hydrogens is 350 g/mol. The first kappa shape index (κ1) is 22.8. The quantitative estimate of drug-likeness (QED) is 0.339. The molecule has 0 amide bonds. The summed E-state index contributed by atoms with van der Waals surface area (Å²) in [6, 6.07) is 4.81. The maximum atomic E-state index is 4.96. The van der Waals surface area contributed by atoms with Gasteiger partial charge in [0.15, 0.2) is 0 Å². The van der Waals surface area contributed by atoms with Crippen LogP contribution in [-0.2, 0) is 0 Å². The second kappa shape index (κ2) is 12.8. The van der Waals surface area contributed by atoms with Crippen molar-refractivity contribution in [3.05, 3.63) is 29.6 Å². The molecule has 0 spiro atoms. The van der Waals surface area contributed by atoms with E-state index in [0.717, 1.165) is 23.7 Å². The van der Waals surface area contributed by atoms with Gasteiger partial charge in [-0.1, -0.05) is 77.7 Å². The van der Waals surface area contributed by atoms with Crippen LogP contribution in [0, 0.1) is 11.8 Å². The van der Waals surface area contributed by atoms with E-state index in [4.69, 9.17) is 4.98 Å². The first-order chi connectivity index (χ1) is 14.3. The lowest BCUT2D eigenvalue weighted by Gasteiger charge is -2.30. The lowest BCUT2D eigenvalue weighted by Crippen LogP contribution is -2.15. The SMILES string of the molecule is CCCCCCCC1CCC(c2ccc(C3CCC(CCCC)CC3)nc2)CC1. The van der Waals surface area contributed by atoms with Crippen LogP contribution < -0.4 is 0 Å². The van der Waals surface area contributed by atoms with Crippen molar-refractivity contribution >= 4 is 0 Å². The zero-order valence-electron chi connectivity index (χ0n) is 19.5. The normalized spacial score (nSPS) is 27.8. The van der Waals surface area contributed by atoms with Crippen molar-refractivity contribution < 1.29 is 0 Å². The first-order valence-electron chi connectivity index (χ1n) is 13.3. The lowest BCUT2D eigenvalue weighted by molar-refractivity contribution is 0.299. The Morgan fingerprint density at radius 1 is 0.655 bits per heavy atom. The van der Waals surface area contributed by atoms with Crippen LogP contribution in [0.2, 0.25) is 0 Å². The number of pyridine rings is 1. The summed E-state index contributed by atoms with van der Waals surface area (Å²) in [4.78, 5) is 4.96. The highest BCUT2D eigenvalue weighted by molar-refractivity contribution is 5.21. The van der Waals surface area contributed by atoms with Crippen LogP contribution in [0.15, 0.2) is 18.3 Å². The van der Waals surface area contributed by atoms with Gasteiger partial charge in [0.25, 0.3) is 0 Å². The second-order valence-corrected chi connectivity index (χ2v) is 10.3. The molecule has 0 aliphatic heterocycles. The average molecular weight is 398 g/mol. The highest BCUT2D eigenvalue weighted by Crippen LogP contribution is 2.39. The Bertz CT molecular complexity index is 532. The Morgan fingerprint density at radius 3 is 1.83 bits per heavy atom. The van der Waals surface area contributed by atoms with Crippen molar-refractivity contribution in [2.24, 2.45) is 11.8 Å². The van der Waals surface area contributed by atoms with E-state index in [2.05, 4.69) is 32.2 Å². The van der Waals surface area contributed by atoms with E-state index in [1.165, 1.54) is 120 Å². The maximum Gasteiger partial charge on any atom is 0.0434 e. The van der Waals surface area contributed by atoms with Crippen LogP contribution in [-0.4, -0.2) is 4.98 Å². The van der Waals surface area contributed by atoms with Crippen LogP contribution in [0.1, 0.15) is 146 Å². The van der Waals surface area contributed by atoms with E-state index in [-0.39, 0.29) is 0 Å². The fraction of sp³-hybridized carbons (Fsp3) is 0.821. The Balaban J connectivity index is 1.38. The molecule has 164 valence electrons. The van der Waals surface area contributed by atoms with Crippen LogP contribution in [0.25, 0.3) is 0 Å². The molecular formula is C28H47N. The predicted octanol–water partition coefficient (Wildman–Crippen LogP) is 9.18. The van der Waals surface area contributed by atoms with Gasteiger partial charge >= 0.3 is 0 Å². The summed E-state index contributed by atoms with van der Waals surface area (Å²) in [5, 5.41) is 0. The van der Waals surface area contributed by atoms with Crippen LogP contribution in [0.5, 0.6) is 0 Å². The molecule has 1 aromatic rings. The predicted molar refractivity (Wildman–Crippen MR) is 127 cm³/mol. The first-order valence-corrected chi connectivity index (χ1v) is 13.3. The fourth-order valence-electron chi connectivity index (χ4n) is 5.96. The Kier molecular flexibility index (Phi) is 10.0. The number of hydrogen-bond donors (Lipinski definition) is 0. The van der Waals surface area contributed by atoms with Gasteiger partial charge in [-0.25, -0.2) is 0 Å². The van der Waals surface area contributed by atoms with Gasteiger partial charge in [0.05, 0.1) is 0 Å². The number of hydrogen-bond acceptors (Lipinski definition) is 1. The molecule has 1 nitrogen and oxygen atoms in total. The van der Waals surface area contributed by atoms with Crippen LogP contribution in [0.4, 0.5) is 0 Å². The van der Waals surface area contributed by atoms with E-state index in [1.807, 2.05) is 0 Å². The summed E-state index contributed by atoms with van der Waals surface area (Å²) in [5.74, 6) is 3.50. The third-order valence-electron chi connectivity index (χ3n) is 8.07. The Labute approximate surface area is 181 Å². The second-order valence-electron chi connectivity index (χ2n) is 10.3. The van der Waals surface area contributed by atoms with Gasteiger partial charge in [-0.2, -0.15) is 0 Å². The molecule has 0 radical (unpaired) electrons. The van der Waals surface area contributed by atoms with Gasteiger partial charge in [0.2, 0.25) is 0 Å². The molecule has 2 aliphatic rings. The van der Waals surface area contributed by atoms with E-state index >= 15 is 0 Å². The molecule has 0 aromatic carbocycles. The summed E-state index contributed by atoms with van der Waals surface area (Å²) < 4.78 is 0. The lowest BCUT2D eigenvalue weighted by atomic mass is 9.76. The molecule has 2 fully saturated rings. The molecule has 1 heterocycles. The average Bonchev–Trinajstić information content (AvgIpc) is 2.78. The molecule has 1 heteroatoms. The molecule has 2 aliphatic carbocycles. The monoisotopic (exact) mass is 397 g/mol. The molecule has 1 aromatic heterocycles. The molecule has 3 rings (SSSR count). The molecule has 29 heavy (non-hydrogen) atoms. The topological polar surface area (TPSA) is 12.9 Å². The van der Waals surface area contributed by atoms with Crippen molar-refractivity contribution in [2.45, 2.75) is 135 Å². The number of aromatic nitrogens is 1. The summed E-state index contributed by atoms with van der Waals surface area (Å²) in [7, 11) is 0. The van der Waals surface area contributed by atoms with Crippen molar-refractivity contribution in [2.75, 3.05) is 0 Å².